The number of hydrogen-bond acceptors (Lipinski definition) is 2. The van der Waals surface area contributed by atoms with Gasteiger partial charge in [-0.25, -0.2) is 0 Å². The summed E-state index contributed by atoms with van der Waals surface area (Å²) in [5.74, 6) is 0.215. The second-order valence-corrected chi connectivity index (χ2v) is 6.92. The zero-order valence-electron chi connectivity index (χ0n) is 14.0. The normalized spacial score (nSPS) is 16.1. The number of carbonyl (C=O) groups excluding carboxylic acids is 1. The minimum Gasteiger partial charge on any atom is -0.326 e. The SMILES string of the molecule is Cc1cc(Cl)ccc1NC(=O)C1CCN(Cc2ccccc2)CC1. The fourth-order valence-corrected chi connectivity index (χ4v) is 3.42. The van der Waals surface area contributed by atoms with Gasteiger partial charge >= 0.3 is 0 Å². The Kier molecular flexibility index (Phi) is 5.54. The number of aryl methyl sites for hydroxylation is 1. The summed E-state index contributed by atoms with van der Waals surface area (Å²) >= 11 is 5.97. The third-order valence-corrected chi connectivity index (χ3v) is 4.89. The molecule has 2 aromatic rings. The van der Waals surface area contributed by atoms with Gasteiger partial charge in [0.1, 0.15) is 0 Å². The van der Waals surface area contributed by atoms with Crippen LogP contribution in [0.15, 0.2) is 48.5 Å². The molecule has 0 bridgehead atoms. The van der Waals surface area contributed by atoms with Gasteiger partial charge in [0.25, 0.3) is 0 Å². The van der Waals surface area contributed by atoms with E-state index in [1.165, 1.54) is 5.56 Å². The number of carbonyl (C=O) groups is 1. The zero-order chi connectivity index (χ0) is 16.9. The molecule has 0 spiro atoms. The minimum absolute atomic E-state index is 0.0899. The first kappa shape index (κ1) is 17.0. The Labute approximate surface area is 148 Å². The lowest BCUT2D eigenvalue weighted by Crippen LogP contribution is -2.37. The highest BCUT2D eigenvalue weighted by atomic mass is 35.5. The zero-order valence-corrected chi connectivity index (χ0v) is 14.7. The molecular formula is C20H23ClN2O. The van der Waals surface area contributed by atoms with Gasteiger partial charge in [-0.2, -0.15) is 0 Å². The summed E-state index contributed by atoms with van der Waals surface area (Å²) in [7, 11) is 0. The van der Waals surface area contributed by atoms with Gasteiger partial charge in [-0.05, 0) is 62.2 Å². The Morgan fingerprint density at radius 3 is 2.54 bits per heavy atom. The van der Waals surface area contributed by atoms with Crippen molar-refractivity contribution in [2.45, 2.75) is 26.3 Å². The number of benzene rings is 2. The maximum Gasteiger partial charge on any atom is 0.227 e. The fourth-order valence-electron chi connectivity index (χ4n) is 3.20. The summed E-state index contributed by atoms with van der Waals surface area (Å²) in [6.45, 7) is 4.86. The largest absolute Gasteiger partial charge is 0.326 e. The van der Waals surface area contributed by atoms with Gasteiger partial charge < -0.3 is 5.32 Å². The van der Waals surface area contributed by atoms with E-state index in [9.17, 15) is 4.79 Å². The third kappa shape index (κ3) is 4.37. The van der Waals surface area contributed by atoms with E-state index in [0.717, 1.165) is 43.7 Å². The van der Waals surface area contributed by atoms with E-state index in [0.29, 0.717) is 5.02 Å². The first-order chi connectivity index (χ1) is 11.6. The maximum atomic E-state index is 12.5. The number of halogens is 1. The molecule has 1 saturated heterocycles. The third-order valence-electron chi connectivity index (χ3n) is 4.65. The molecule has 0 aliphatic carbocycles. The van der Waals surface area contributed by atoms with Crippen LogP contribution in [-0.4, -0.2) is 23.9 Å². The number of nitrogens with one attached hydrogen (secondary N) is 1. The van der Waals surface area contributed by atoms with Crippen molar-refractivity contribution in [3.8, 4) is 0 Å². The van der Waals surface area contributed by atoms with Crippen molar-refractivity contribution in [1.29, 1.82) is 0 Å². The van der Waals surface area contributed by atoms with E-state index in [1.54, 1.807) is 0 Å². The van der Waals surface area contributed by atoms with Crippen LogP contribution in [0.5, 0.6) is 0 Å². The molecule has 1 N–H and O–H groups in total. The molecule has 3 nitrogen and oxygen atoms in total. The molecule has 126 valence electrons. The molecule has 1 aliphatic heterocycles. The van der Waals surface area contributed by atoms with Crippen LogP contribution in [0, 0.1) is 12.8 Å². The molecule has 1 amide bonds. The van der Waals surface area contributed by atoms with Crippen LogP contribution in [0.2, 0.25) is 5.02 Å². The summed E-state index contributed by atoms with van der Waals surface area (Å²) in [6, 6.07) is 16.1. The number of piperidine rings is 1. The Bertz CT molecular complexity index is 694. The van der Waals surface area contributed by atoms with Crippen molar-refractivity contribution < 1.29 is 4.79 Å². The van der Waals surface area contributed by atoms with Gasteiger partial charge in [0, 0.05) is 23.2 Å². The van der Waals surface area contributed by atoms with Gasteiger partial charge in [0.15, 0.2) is 0 Å². The van der Waals surface area contributed by atoms with E-state index < -0.39 is 0 Å². The lowest BCUT2D eigenvalue weighted by Gasteiger charge is -2.31. The number of anilines is 1. The van der Waals surface area contributed by atoms with Crippen LogP contribution in [0.4, 0.5) is 5.69 Å². The monoisotopic (exact) mass is 342 g/mol. The number of amides is 1. The molecule has 0 unspecified atom stereocenters. The Morgan fingerprint density at radius 1 is 1.17 bits per heavy atom. The van der Waals surface area contributed by atoms with Crippen LogP contribution in [0.25, 0.3) is 0 Å². The molecular weight excluding hydrogens is 320 g/mol. The average molecular weight is 343 g/mol. The van der Waals surface area contributed by atoms with Crippen LogP contribution in [0.1, 0.15) is 24.0 Å². The van der Waals surface area contributed by atoms with Crippen molar-refractivity contribution in [2.75, 3.05) is 18.4 Å². The number of nitrogens with zero attached hydrogens (tertiary/aromatic N) is 1. The van der Waals surface area contributed by atoms with Gasteiger partial charge in [-0.3, -0.25) is 9.69 Å². The summed E-state index contributed by atoms with van der Waals surface area (Å²) in [6.07, 6.45) is 1.82. The molecule has 0 aromatic heterocycles. The minimum atomic E-state index is 0.0899. The molecule has 24 heavy (non-hydrogen) atoms. The molecule has 1 fully saturated rings. The lowest BCUT2D eigenvalue weighted by atomic mass is 9.95. The molecule has 1 heterocycles. The Balaban J connectivity index is 1.51. The van der Waals surface area contributed by atoms with E-state index in [4.69, 9.17) is 11.6 Å². The summed E-state index contributed by atoms with van der Waals surface area (Å²) < 4.78 is 0. The van der Waals surface area contributed by atoms with Crippen molar-refractivity contribution >= 4 is 23.2 Å². The van der Waals surface area contributed by atoms with Crippen molar-refractivity contribution in [1.82, 2.24) is 4.90 Å². The first-order valence-corrected chi connectivity index (χ1v) is 8.83. The van der Waals surface area contributed by atoms with Gasteiger partial charge in [-0.15, -0.1) is 0 Å². The van der Waals surface area contributed by atoms with Crippen LogP contribution >= 0.6 is 11.6 Å². The lowest BCUT2D eigenvalue weighted by molar-refractivity contribution is -0.121. The smallest absolute Gasteiger partial charge is 0.227 e. The predicted molar refractivity (Wildman–Crippen MR) is 99.3 cm³/mol. The van der Waals surface area contributed by atoms with Crippen molar-refractivity contribution in [3.63, 3.8) is 0 Å². The number of likely N-dealkylation sites (tertiary alicyclic amines) is 1. The standard InChI is InChI=1S/C20H23ClN2O/c1-15-13-18(21)7-8-19(15)22-20(24)17-9-11-23(12-10-17)14-16-5-3-2-4-6-16/h2-8,13,17H,9-12,14H2,1H3,(H,22,24). The van der Waals surface area contributed by atoms with Gasteiger partial charge in [-0.1, -0.05) is 41.9 Å². The number of rotatable bonds is 4. The first-order valence-electron chi connectivity index (χ1n) is 8.45. The molecule has 0 atom stereocenters. The topological polar surface area (TPSA) is 32.3 Å². The Morgan fingerprint density at radius 2 is 1.88 bits per heavy atom. The quantitative estimate of drug-likeness (QED) is 0.887. The highest BCUT2D eigenvalue weighted by Crippen LogP contribution is 2.23. The van der Waals surface area contributed by atoms with Gasteiger partial charge in [0.2, 0.25) is 5.91 Å². The second-order valence-electron chi connectivity index (χ2n) is 6.48. The molecule has 0 radical (unpaired) electrons. The summed E-state index contributed by atoms with van der Waals surface area (Å²) in [5.41, 5.74) is 3.19. The molecule has 2 aromatic carbocycles. The molecule has 3 rings (SSSR count). The summed E-state index contributed by atoms with van der Waals surface area (Å²) in [4.78, 5) is 14.9. The van der Waals surface area contributed by atoms with E-state index in [-0.39, 0.29) is 11.8 Å². The van der Waals surface area contributed by atoms with E-state index in [1.807, 2.05) is 31.2 Å². The van der Waals surface area contributed by atoms with Crippen LogP contribution < -0.4 is 5.32 Å². The van der Waals surface area contributed by atoms with E-state index >= 15 is 0 Å². The highest BCUT2D eigenvalue weighted by Gasteiger charge is 2.25. The average Bonchev–Trinajstić information content (AvgIpc) is 2.59. The number of hydrogen-bond donors (Lipinski definition) is 1. The van der Waals surface area contributed by atoms with Crippen molar-refractivity contribution in [2.24, 2.45) is 5.92 Å². The van der Waals surface area contributed by atoms with Crippen LogP contribution in [-0.2, 0) is 11.3 Å². The Hall–Kier alpha value is -1.84. The molecule has 4 heteroatoms. The fraction of sp³-hybridized carbons (Fsp3) is 0.350. The summed E-state index contributed by atoms with van der Waals surface area (Å²) in [5, 5.41) is 3.75. The van der Waals surface area contributed by atoms with Crippen molar-refractivity contribution in [3.05, 3.63) is 64.7 Å². The predicted octanol–water partition coefficient (Wildman–Crippen LogP) is 4.50. The van der Waals surface area contributed by atoms with Gasteiger partial charge in [0.05, 0.1) is 0 Å². The highest BCUT2D eigenvalue weighted by molar-refractivity contribution is 6.30. The molecule has 0 saturated carbocycles. The van der Waals surface area contributed by atoms with E-state index in [2.05, 4.69) is 34.5 Å². The van der Waals surface area contributed by atoms with Crippen LogP contribution in [0.3, 0.4) is 0 Å². The second kappa shape index (κ2) is 7.82. The maximum absolute atomic E-state index is 12.5. The molecule has 1 aliphatic rings.